The molecule has 0 aromatic heterocycles. The Bertz CT molecular complexity index is 707. The zero-order chi connectivity index (χ0) is 14.1. The van der Waals surface area contributed by atoms with Crippen molar-refractivity contribution in [2.24, 2.45) is 0 Å². The molecule has 0 spiro atoms. The van der Waals surface area contributed by atoms with Gasteiger partial charge in [0.05, 0.1) is 13.5 Å². The van der Waals surface area contributed by atoms with Crippen molar-refractivity contribution in [1.29, 1.82) is 0 Å². The lowest BCUT2D eigenvalue weighted by molar-refractivity contribution is -0.115. The Kier molecular flexibility index (Phi) is 2.99. The number of benzene rings is 2. The number of carbonyl (C=O) groups is 2. The summed E-state index contributed by atoms with van der Waals surface area (Å²) in [6, 6.07) is 11.1. The molecule has 1 aliphatic rings. The highest BCUT2D eigenvalue weighted by molar-refractivity contribution is 6.02. The van der Waals surface area contributed by atoms with E-state index in [1.54, 1.807) is 13.2 Å². The van der Waals surface area contributed by atoms with Crippen LogP contribution in [-0.4, -0.2) is 19.3 Å². The van der Waals surface area contributed by atoms with Gasteiger partial charge < -0.3 is 10.1 Å². The number of hydrogen-bond donors (Lipinski definition) is 1. The topological polar surface area (TPSA) is 55.4 Å². The molecule has 1 amide bonds. The summed E-state index contributed by atoms with van der Waals surface area (Å²) in [4.78, 5) is 22.7. The quantitative estimate of drug-likeness (QED) is 0.870. The zero-order valence-corrected chi connectivity index (χ0v) is 11.0. The molecule has 0 saturated heterocycles. The summed E-state index contributed by atoms with van der Waals surface area (Å²) < 4.78 is 5.20. The molecule has 4 heteroatoms. The van der Waals surface area contributed by atoms with Gasteiger partial charge in [0.15, 0.2) is 6.29 Å². The SMILES string of the molecule is COc1cccc(-c2cc3c(cc2C=O)CC(=O)N3)c1. The van der Waals surface area contributed by atoms with E-state index in [1.165, 1.54) is 0 Å². The summed E-state index contributed by atoms with van der Waals surface area (Å²) in [5, 5.41) is 2.80. The molecule has 0 aliphatic carbocycles. The first-order valence-electron chi connectivity index (χ1n) is 6.27. The molecule has 0 fully saturated rings. The lowest BCUT2D eigenvalue weighted by atomic mass is 9.97. The van der Waals surface area contributed by atoms with E-state index in [9.17, 15) is 9.59 Å². The smallest absolute Gasteiger partial charge is 0.228 e. The Morgan fingerprint density at radius 3 is 2.85 bits per heavy atom. The van der Waals surface area contributed by atoms with E-state index in [4.69, 9.17) is 4.74 Å². The van der Waals surface area contributed by atoms with Crippen LogP contribution in [0.5, 0.6) is 5.75 Å². The van der Waals surface area contributed by atoms with E-state index in [1.807, 2.05) is 30.3 Å². The van der Waals surface area contributed by atoms with Gasteiger partial charge in [-0.15, -0.1) is 0 Å². The second kappa shape index (κ2) is 4.81. The monoisotopic (exact) mass is 267 g/mol. The zero-order valence-electron chi connectivity index (χ0n) is 11.0. The van der Waals surface area contributed by atoms with Gasteiger partial charge in [-0.3, -0.25) is 9.59 Å². The van der Waals surface area contributed by atoms with Gasteiger partial charge in [0.25, 0.3) is 0 Å². The number of nitrogens with one attached hydrogen (secondary N) is 1. The number of carbonyl (C=O) groups excluding carboxylic acids is 2. The van der Waals surface area contributed by atoms with Crippen molar-refractivity contribution < 1.29 is 14.3 Å². The molecule has 1 heterocycles. The van der Waals surface area contributed by atoms with Crippen LogP contribution in [0.4, 0.5) is 5.69 Å². The normalized spacial score (nSPS) is 12.8. The van der Waals surface area contributed by atoms with Crippen LogP contribution < -0.4 is 10.1 Å². The summed E-state index contributed by atoms with van der Waals surface area (Å²) in [6.07, 6.45) is 1.15. The predicted molar refractivity (Wildman–Crippen MR) is 76.2 cm³/mol. The fourth-order valence-electron chi connectivity index (χ4n) is 2.43. The van der Waals surface area contributed by atoms with Crippen LogP contribution in [0.15, 0.2) is 36.4 Å². The van der Waals surface area contributed by atoms with Crippen molar-refractivity contribution in [1.82, 2.24) is 0 Å². The summed E-state index contributed by atoms with van der Waals surface area (Å²) >= 11 is 0. The molecule has 0 bridgehead atoms. The third-order valence-electron chi connectivity index (χ3n) is 3.41. The van der Waals surface area contributed by atoms with E-state index in [0.29, 0.717) is 12.0 Å². The summed E-state index contributed by atoms with van der Waals surface area (Å²) in [5.74, 6) is 0.684. The van der Waals surface area contributed by atoms with Gasteiger partial charge >= 0.3 is 0 Å². The summed E-state index contributed by atoms with van der Waals surface area (Å²) in [5.41, 5.74) is 3.89. The maximum atomic E-state index is 11.4. The fourth-order valence-corrected chi connectivity index (χ4v) is 2.43. The second-order valence-electron chi connectivity index (χ2n) is 4.67. The van der Waals surface area contributed by atoms with Crippen molar-refractivity contribution in [2.45, 2.75) is 6.42 Å². The van der Waals surface area contributed by atoms with Gasteiger partial charge in [0.2, 0.25) is 5.91 Å². The minimum atomic E-state index is -0.0420. The Balaban J connectivity index is 2.15. The van der Waals surface area contributed by atoms with Crippen LogP contribution >= 0.6 is 0 Å². The standard InChI is InChI=1S/C16H13NO3/c1-20-13-4-2-3-10(6-13)14-8-15-11(5-12(14)9-18)7-16(19)17-15/h2-6,8-9H,7H2,1H3,(H,17,19). The maximum Gasteiger partial charge on any atom is 0.228 e. The van der Waals surface area contributed by atoms with Gasteiger partial charge in [0, 0.05) is 11.3 Å². The maximum absolute atomic E-state index is 11.4. The summed E-state index contributed by atoms with van der Waals surface area (Å²) in [6.45, 7) is 0. The van der Waals surface area contributed by atoms with Crippen LogP contribution in [-0.2, 0) is 11.2 Å². The number of methoxy groups -OCH3 is 1. The lowest BCUT2D eigenvalue weighted by Crippen LogP contribution is -2.03. The third kappa shape index (κ3) is 2.05. The average molecular weight is 267 g/mol. The van der Waals surface area contributed by atoms with Crippen molar-refractivity contribution in [3.05, 3.63) is 47.5 Å². The Labute approximate surface area is 116 Å². The molecular weight excluding hydrogens is 254 g/mol. The first-order valence-corrected chi connectivity index (χ1v) is 6.27. The molecule has 3 rings (SSSR count). The van der Waals surface area contributed by atoms with Gasteiger partial charge in [-0.05, 0) is 41.0 Å². The van der Waals surface area contributed by atoms with Crippen molar-refractivity contribution >= 4 is 17.9 Å². The number of aldehydes is 1. The van der Waals surface area contributed by atoms with Gasteiger partial charge in [-0.1, -0.05) is 12.1 Å². The molecule has 20 heavy (non-hydrogen) atoms. The molecule has 0 unspecified atom stereocenters. The highest BCUT2D eigenvalue weighted by atomic mass is 16.5. The minimum Gasteiger partial charge on any atom is -0.497 e. The number of fused-ring (bicyclic) bond motifs is 1. The molecule has 1 N–H and O–H groups in total. The average Bonchev–Trinajstić information content (AvgIpc) is 2.84. The first-order chi connectivity index (χ1) is 9.71. The van der Waals surface area contributed by atoms with Gasteiger partial charge in [-0.2, -0.15) is 0 Å². The number of rotatable bonds is 3. The number of ether oxygens (including phenoxy) is 1. The molecule has 1 aliphatic heterocycles. The number of amides is 1. The van der Waals surface area contributed by atoms with Crippen LogP contribution in [0.3, 0.4) is 0 Å². The Morgan fingerprint density at radius 1 is 1.25 bits per heavy atom. The fraction of sp³-hybridized carbons (Fsp3) is 0.125. The molecule has 2 aromatic rings. The summed E-state index contributed by atoms with van der Waals surface area (Å²) in [7, 11) is 1.60. The molecule has 0 saturated carbocycles. The second-order valence-corrected chi connectivity index (χ2v) is 4.67. The first kappa shape index (κ1) is 12.4. The van der Waals surface area contributed by atoms with Crippen molar-refractivity contribution in [2.75, 3.05) is 12.4 Å². The van der Waals surface area contributed by atoms with Gasteiger partial charge in [-0.25, -0.2) is 0 Å². The van der Waals surface area contributed by atoms with Gasteiger partial charge in [0.1, 0.15) is 5.75 Å². The molecule has 0 atom stereocenters. The van der Waals surface area contributed by atoms with E-state index in [2.05, 4.69) is 5.32 Å². The molecular formula is C16H13NO3. The predicted octanol–water partition coefficient (Wildman–Crippen LogP) is 2.67. The van der Waals surface area contributed by atoms with Crippen LogP contribution in [0.25, 0.3) is 11.1 Å². The van der Waals surface area contributed by atoms with E-state index >= 15 is 0 Å². The Hall–Kier alpha value is -2.62. The van der Waals surface area contributed by atoms with Crippen molar-refractivity contribution in [3.8, 4) is 16.9 Å². The largest absolute Gasteiger partial charge is 0.497 e. The highest BCUT2D eigenvalue weighted by Gasteiger charge is 2.20. The molecule has 100 valence electrons. The van der Waals surface area contributed by atoms with Crippen molar-refractivity contribution in [3.63, 3.8) is 0 Å². The minimum absolute atomic E-state index is 0.0420. The van der Waals surface area contributed by atoms with E-state index in [0.717, 1.165) is 34.4 Å². The van der Waals surface area contributed by atoms with Crippen LogP contribution in [0, 0.1) is 0 Å². The number of hydrogen-bond acceptors (Lipinski definition) is 3. The number of anilines is 1. The van der Waals surface area contributed by atoms with Crippen LogP contribution in [0.1, 0.15) is 15.9 Å². The van der Waals surface area contributed by atoms with E-state index < -0.39 is 0 Å². The lowest BCUT2D eigenvalue weighted by Gasteiger charge is -2.10. The third-order valence-corrected chi connectivity index (χ3v) is 3.41. The highest BCUT2D eigenvalue weighted by Crippen LogP contribution is 2.33. The Morgan fingerprint density at radius 2 is 2.10 bits per heavy atom. The molecule has 0 radical (unpaired) electrons. The van der Waals surface area contributed by atoms with E-state index in [-0.39, 0.29) is 5.91 Å². The molecule has 2 aromatic carbocycles. The van der Waals surface area contributed by atoms with Crippen LogP contribution in [0.2, 0.25) is 0 Å². The molecule has 4 nitrogen and oxygen atoms in total.